The third-order valence-corrected chi connectivity index (χ3v) is 3.13. The van der Waals surface area contributed by atoms with Crippen LogP contribution in [0.5, 0.6) is 0 Å². The molecule has 0 bridgehead atoms. The van der Waals surface area contributed by atoms with Crippen LogP contribution in [0.15, 0.2) is 42.5 Å². The summed E-state index contributed by atoms with van der Waals surface area (Å²) in [5.74, 6) is 0. The van der Waals surface area contributed by atoms with E-state index in [0.29, 0.717) is 16.6 Å². The molecule has 2 rings (SSSR count). The van der Waals surface area contributed by atoms with Crippen LogP contribution in [0, 0.1) is 0 Å². The van der Waals surface area contributed by atoms with Crippen LogP contribution in [-0.4, -0.2) is 0 Å². The molecular formula is C13H12Cl2N2. The van der Waals surface area contributed by atoms with Gasteiger partial charge in [-0.05, 0) is 30.3 Å². The average Bonchev–Trinajstić information content (AvgIpc) is 2.28. The Hall–Kier alpha value is -1.38. The predicted molar refractivity (Wildman–Crippen MR) is 74.6 cm³/mol. The summed E-state index contributed by atoms with van der Waals surface area (Å²) in [6.45, 7) is 0.571. The van der Waals surface area contributed by atoms with Crippen molar-refractivity contribution in [3.63, 3.8) is 0 Å². The third kappa shape index (κ3) is 3.05. The highest BCUT2D eigenvalue weighted by Crippen LogP contribution is 2.25. The van der Waals surface area contributed by atoms with Gasteiger partial charge in [-0.2, -0.15) is 0 Å². The molecule has 0 radical (unpaired) electrons. The molecule has 4 heteroatoms. The third-order valence-electron chi connectivity index (χ3n) is 2.42. The van der Waals surface area contributed by atoms with Crippen molar-refractivity contribution in [2.45, 2.75) is 6.54 Å². The fourth-order valence-electron chi connectivity index (χ4n) is 1.54. The molecule has 2 aromatic rings. The fourth-order valence-corrected chi connectivity index (χ4v) is 2.07. The molecule has 0 unspecified atom stereocenters. The standard InChI is InChI=1S/C13H12Cl2N2/c14-12-5-2-6-13(15)11(12)8-17-10-4-1-3-9(16)7-10/h1-7,17H,8,16H2. The Balaban J connectivity index is 2.13. The van der Waals surface area contributed by atoms with E-state index in [1.54, 1.807) is 0 Å². The number of halogens is 2. The summed E-state index contributed by atoms with van der Waals surface area (Å²) in [5.41, 5.74) is 8.25. The van der Waals surface area contributed by atoms with Gasteiger partial charge in [-0.3, -0.25) is 0 Å². The SMILES string of the molecule is Nc1cccc(NCc2c(Cl)cccc2Cl)c1. The summed E-state index contributed by atoms with van der Waals surface area (Å²) < 4.78 is 0. The molecule has 2 aromatic carbocycles. The molecule has 88 valence electrons. The number of nitrogens with one attached hydrogen (secondary N) is 1. The van der Waals surface area contributed by atoms with E-state index in [1.165, 1.54) is 0 Å². The maximum atomic E-state index is 6.08. The highest BCUT2D eigenvalue weighted by atomic mass is 35.5. The van der Waals surface area contributed by atoms with Gasteiger partial charge in [0.25, 0.3) is 0 Å². The van der Waals surface area contributed by atoms with Crippen LogP contribution in [-0.2, 0) is 6.54 Å². The number of hydrogen-bond acceptors (Lipinski definition) is 2. The molecule has 0 saturated heterocycles. The minimum absolute atomic E-state index is 0.571. The first kappa shape index (κ1) is 12.1. The van der Waals surface area contributed by atoms with Gasteiger partial charge >= 0.3 is 0 Å². The summed E-state index contributed by atoms with van der Waals surface area (Å²) in [6.07, 6.45) is 0. The average molecular weight is 267 g/mol. The van der Waals surface area contributed by atoms with Gasteiger partial charge in [0, 0.05) is 33.5 Å². The summed E-state index contributed by atoms with van der Waals surface area (Å²) in [6, 6.07) is 13.0. The zero-order chi connectivity index (χ0) is 12.3. The first-order chi connectivity index (χ1) is 8.16. The van der Waals surface area contributed by atoms with Gasteiger partial charge in [0.15, 0.2) is 0 Å². The number of rotatable bonds is 3. The maximum Gasteiger partial charge on any atom is 0.0470 e. The van der Waals surface area contributed by atoms with E-state index in [9.17, 15) is 0 Å². The topological polar surface area (TPSA) is 38.0 Å². The molecule has 0 aromatic heterocycles. The van der Waals surface area contributed by atoms with Crippen molar-refractivity contribution in [3.8, 4) is 0 Å². The largest absolute Gasteiger partial charge is 0.399 e. The lowest BCUT2D eigenvalue weighted by Crippen LogP contribution is -2.01. The van der Waals surface area contributed by atoms with Crippen LogP contribution in [0.3, 0.4) is 0 Å². The first-order valence-corrected chi connectivity index (χ1v) is 5.95. The van der Waals surface area contributed by atoms with Gasteiger partial charge in [-0.1, -0.05) is 35.3 Å². The molecule has 0 saturated carbocycles. The number of nitrogens with two attached hydrogens (primary N) is 1. The van der Waals surface area contributed by atoms with E-state index in [-0.39, 0.29) is 0 Å². The summed E-state index contributed by atoms with van der Waals surface area (Å²) >= 11 is 12.2. The molecule has 0 heterocycles. The predicted octanol–water partition coefficient (Wildman–Crippen LogP) is 4.19. The Kier molecular flexibility index (Phi) is 3.77. The second-order valence-electron chi connectivity index (χ2n) is 3.68. The van der Waals surface area contributed by atoms with Crippen LogP contribution >= 0.6 is 23.2 Å². The lowest BCUT2D eigenvalue weighted by molar-refractivity contribution is 1.15. The molecule has 0 aliphatic heterocycles. The molecule has 0 fully saturated rings. The summed E-state index contributed by atoms with van der Waals surface area (Å²) in [5, 5.41) is 4.56. The monoisotopic (exact) mass is 266 g/mol. The van der Waals surface area contributed by atoms with Crippen molar-refractivity contribution in [3.05, 3.63) is 58.1 Å². The van der Waals surface area contributed by atoms with Gasteiger partial charge in [0.1, 0.15) is 0 Å². The number of benzene rings is 2. The second kappa shape index (κ2) is 5.30. The van der Waals surface area contributed by atoms with Gasteiger partial charge in [0.05, 0.1) is 0 Å². The van der Waals surface area contributed by atoms with Gasteiger partial charge in [-0.25, -0.2) is 0 Å². The van der Waals surface area contributed by atoms with Crippen molar-refractivity contribution in [2.75, 3.05) is 11.1 Å². The van der Waals surface area contributed by atoms with E-state index >= 15 is 0 Å². The van der Waals surface area contributed by atoms with E-state index in [1.807, 2.05) is 42.5 Å². The zero-order valence-electron chi connectivity index (χ0n) is 9.08. The van der Waals surface area contributed by atoms with Crippen molar-refractivity contribution >= 4 is 34.6 Å². The maximum absolute atomic E-state index is 6.08. The van der Waals surface area contributed by atoms with Crippen LogP contribution in [0.2, 0.25) is 10.0 Å². The number of anilines is 2. The molecule has 2 nitrogen and oxygen atoms in total. The van der Waals surface area contributed by atoms with E-state index in [4.69, 9.17) is 28.9 Å². The minimum atomic E-state index is 0.571. The fraction of sp³-hybridized carbons (Fsp3) is 0.0769. The Morgan fingerprint density at radius 2 is 1.65 bits per heavy atom. The van der Waals surface area contributed by atoms with Crippen LogP contribution in [0.25, 0.3) is 0 Å². The Bertz CT molecular complexity index is 506. The second-order valence-corrected chi connectivity index (χ2v) is 4.49. The van der Waals surface area contributed by atoms with Crippen molar-refractivity contribution in [1.29, 1.82) is 0 Å². The van der Waals surface area contributed by atoms with Crippen LogP contribution in [0.1, 0.15) is 5.56 Å². The summed E-state index contributed by atoms with van der Waals surface area (Å²) in [4.78, 5) is 0. The Morgan fingerprint density at radius 3 is 2.29 bits per heavy atom. The molecule has 0 aliphatic rings. The van der Waals surface area contributed by atoms with Crippen molar-refractivity contribution in [2.24, 2.45) is 0 Å². The molecule has 0 amide bonds. The van der Waals surface area contributed by atoms with E-state index in [2.05, 4.69) is 5.32 Å². The van der Waals surface area contributed by atoms with Gasteiger partial charge in [-0.15, -0.1) is 0 Å². The minimum Gasteiger partial charge on any atom is -0.399 e. The van der Waals surface area contributed by atoms with Crippen molar-refractivity contribution < 1.29 is 0 Å². The lowest BCUT2D eigenvalue weighted by Gasteiger charge is -2.10. The van der Waals surface area contributed by atoms with Gasteiger partial charge in [0.2, 0.25) is 0 Å². The quantitative estimate of drug-likeness (QED) is 0.818. The smallest absolute Gasteiger partial charge is 0.0470 e. The molecular weight excluding hydrogens is 255 g/mol. The highest BCUT2D eigenvalue weighted by Gasteiger charge is 2.04. The normalized spacial score (nSPS) is 10.2. The van der Waals surface area contributed by atoms with E-state index in [0.717, 1.165) is 16.9 Å². The van der Waals surface area contributed by atoms with Crippen LogP contribution in [0.4, 0.5) is 11.4 Å². The molecule has 17 heavy (non-hydrogen) atoms. The molecule has 0 atom stereocenters. The first-order valence-electron chi connectivity index (χ1n) is 5.19. The molecule has 0 spiro atoms. The van der Waals surface area contributed by atoms with Crippen LogP contribution < -0.4 is 11.1 Å². The number of nitrogen functional groups attached to an aromatic ring is 1. The highest BCUT2D eigenvalue weighted by molar-refractivity contribution is 6.36. The van der Waals surface area contributed by atoms with E-state index < -0.39 is 0 Å². The van der Waals surface area contributed by atoms with Crippen molar-refractivity contribution in [1.82, 2.24) is 0 Å². The number of hydrogen-bond donors (Lipinski definition) is 2. The zero-order valence-corrected chi connectivity index (χ0v) is 10.6. The summed E-state index contributed by atoms with van der Waals surface area (Å²) in [7, 11) is 0. The lowest BCUT2D eigenvalue weighted by atomic mass is 10.2. The molecule has 3 N–H and O–H groups in total. The molecule has 0 aliphatic carbocycles. The Morgan fingerprint density at radius 1 is 1.00 bits per heavy atom. The Labute approximate surface area is 110 Å². The van der Waals surface area contributed by atoms with Gasteiger partial charge < -0.3 is 11.1 Å².